The van der Waals surface area contributed by atoms with E-state index < -0.39 is 12.5 Å². The number of halogens is 2. The fourth-order valence-electron chi connectivity index (χ4n) is 1.39. The van der Waals surface area contributed by atoms with Gasteiger partial charge in [-0.3, -0.25) is 10.1 Å². The number of nitrogens with zero attached hydrogens (tertiary/aromatic N) is 2. The second-order valence-corrected chi connectivity index (χ2v) is 3.53. The third-order valence-corrected chi connectivity index (χ3v) is 2.20. The molecule has 2 aromatic rings. The fourth-order valence-corrected chi connectivity index (χ4v) is 1.39. The maximum Gasteiger partial charge on any atom is 0.387 e. The highest BCUT2D eigenvalue weighted by Gasteiger charge is 2.12. The second kappa shape index (κ2) is 5.95. The molecule has 1 aromatic heterocycles. The van der Waals surface area contributed by atoms with E-state index in [1.807, 2.05) is 0 Å². The number of H-pyrrole nitrogens is 1. The van der Waals surface area contributed by atoms with Gasteiger partial charge >= 0.3 is 12.6 Å². The van der Waals surface area contributed by atoms with E-state index >= 15 is 0 Å². The van der Waals surface area contributed by atoms with Gasteiger partial charge in [0.2, 0.25) is 5.95 Å². The molecule has 0 saturated heterocycles. The minimum atomic E-state index is -2.95. The van der Waals surface area contributed by atoms with Crippen molar-refractivity contribution in [1.29, 1.82) is 0 Å². The molecule has 0 aliphatic carbocycles. The highest BCUT2D eigenvalue weighted by molar-refractivity contribution is 6.03. The number of benzene rings is 1. The smallest absolute Gasteiger partial charge is 0.387 e. The standard InChI is InChI=1S/C11H10F2N4O3/c1-19-11-15-10(16-17-11)14-8(18)6-3-2-4-7(5-6)20-9(12)13/h2-5,9H,1H3,(H2,14,15,16,17,18). The predicted molar refractivity (Wildman–Crippen MR) is 64.0 cm³/mol. The number of ether oxygens (including phenoxy) is 2. The molecule has 0 bridgehead atoms. The van der Waals surface area contributed by atoms with Crippen molar-refractivity contribution in [3.8, 4) is 11.8 Å². The number of aromatic nitrogens is 3. The molecule has 0 saturated carbocycles. The largest absolute Gasteiger partial charge is 0.466 e. The van der Waals surface area contributed by atoms with E-state index in [1.54, 1.807) is 0 Å². The summed E-state index contributed by atoms with van der Waals surface area (Å²) in [5.74, 6) is -0.585. The molecular formula is C11H10F2N4O3. The van der Waals surface area contributed by atoms with Crippen molar-refractivity contribution in [3.05, 3.63) is 29.8 Å². The lowest BCUT2D eigenvalue weighted by atomic mass is 10.2. The Hall–Kier alpha value is -2.71. The summed E-state index contributed by atoms with van der Waals surface area (Å²) in [4.78, 5) is 15.7. The molecule has 0 atom stereocenters. The van der Waals surface area contributed by atoms with Crippen LogP contribution in [-0.2, 0) is 0 Å². The lowest BCUT2D eigenvalue weighted by molar-refractivity contribution is -0.0498. The van der Waals surface area contributed by atoms with E-state index in [0.29, 0.717) is 0 Å². The van der Waals surface area contributed by atoms with Crippen molar-refractivity contribution >= 4 is 11.9 Å². The van der Waals surface area contributed by atoms with Gasteiger partial charge in [-0.2, -0.15) is 13.8 Å². The summed E-state index contributed by atoms with van der Waals surface area (Å²) in [7, 11) is 1.37. The summed E-state index contributed by atoms with van der Waals surface area (Å²) in [6.07, 6.45) is 0. The lowest BCUT2D eigenvalue weighted by Crippen LogP contribution is -2.13. The quantitative estimate of drug-likeness (QED) is 0.871. The van der Waals surface area contributed by atoms with Gasteiger partial charge < -0.3 is 9.47 Å². The molecule has 7 nitrogen and oxygen atoms in total. The van der Waals surface area contributed by atoms with E-state index in [9.17, 15) is 13.6 Å². The van der Waals surface area contributed by atoms with E-state index in [1.165, 1.54) is 31.4 Å². The Morgan fingerprint density at radius 2 is 2.25 bits per heavy atom. The number of hydrogen-bond acceptors (Lipinski definition) is 5. The van der Waals surface area contributed by atoms with Gasteiger partial charge in [0.1, 0.15) is 5.75 Å². The van der Waals surface area contributed by atoms with Gasteiger partial charge in [-0.15, -0.1) is 5.10 Å². The topological polar surface area (TPSA) is 89.1 Å². The van der Waals surface area contributed by atoms with E-state index in [2.05, 4.69) is 25.2 Å². The maximum atomic E-state index is 12.1. The van der Waals surface area contributed by atoms with Crippen molar-refractivity contribution in [2.75, 3.05) is 12.4 Å². The number of carbonyl (C=O) groups is 1. The van der Waals surface area contributed by atoms with Crippen LogP contribution in [0.3, 0.4) is 0 Å². The summed E-state index contributed by atoms with van der Waals surface area (Å²) >= 11 is 0. The third-order valence-electron chi connectivity index (χ3n) is 2.20. The van der Waals surface area contributed by atoms with Gasteiger partial charge in [0.15, 0.2) is 0 Å². The van der Waals surface area contributed by atoms with Gasteiger partial charge in [-0.1, -0.05) is 6.07 Å². The molecule has 1 heterocycles. The van der Waals surface area contributed by atoms with Gasteiger partial charge in [0.25, 0.3) is 5.91 Å². The van der Waals surface area contributed by atoms with E-state index in [0.717, 1.165) is 0 Å². The highest BCUT2D eigenvalue weighted by atomic mass is 19.3. The van der Waals surface area contributed by atoms with Crippen LogP contribution in [-0.4, -0.2) is 34.8 Å². The van der Waals surface area contributed by atoms with Crippen LogP contribution in [0, 0.1) is 0 Å². The summed E-state index contributed by atoms with van der Waals surface area (Å²) in [6.45, 7) is -2.95. The molecular weight excluding hydrogens is 274 g/mol. The molecule has 9 heteroatoms. The Bertz CT molecular complexity index is 603. The Kier molecular flexibility index (Phi) is 4.08. The van der Waals surface area contributed by atoms with Crippen molar-refractivity contribution < 1.29 is 23.0 Å². The molecule has 1 amide bonds. The number of carbonyl (C=O) groups excluding carboxylic acids is 1. The Morgan fingerprint density at radius 1 is 1.45 bits per heavy atom. The molecule has 2 N–H and O–H groups in total. The zero-order chi connectivity index (χ0) is 14.5. The van der Waals surface area contributed by atoms with E-state index in [4.69, 9.17) is 4.74 Å². The van der Waals surface area contributed by atoms with Gasteiger partial charge in [0.05, 0.1) is 7.11 Å². The average Bonchev–Trinajstić information content (AvgIpc) is 2.86. The molecule has 2 rings (SSSR count). The van der Waals surface area contributed by atoms with Gasteiger partial charge in [-0.05, 0) is 18.2 Å². The van der Waals surface area contributed by atoms with Crippen molar-refractivity contribution in [3.63, 3.8) is 0 Å². The second-order valence-electron chi connectivity index (χ2n) is 3.53. The minimum Gasteiger partial charge on any atom is -0.466 e. The Morgan fingerprint density at radius 3 is 2.90 bits per heavy atom. The lowest BCUT2D eigenvalue weighted by Gasteiger charge is -2.06. The van der Waals surface area contributed by atoms with E-state index in [-0.39, 0.29) is 23.3 Å². The number of methoxy groups -OCH3 is 1. The number of amides is 1. The summed E-state index contributed by atoms with van der Waals surface area (Å²) in [5, 5.41) is 8.48. The van der Waals surface area contributed by atoms with Crippen LogP contribution in [0.25, 0.3) is 0 Å². The van der Waals surface area contributed by atoms with Gasteiger partial charge in [-0.25, -0.2) is 5.10 Å². The summed E-state index contributed by atoms with van der Waals surface area (Å²) in [6, 6.07) is 5.44. The summed E-state index contributed by atoms with van der Waals surface area (Å²) < 4.78 is 33.1. The molecule has 1 aromatic carbocycles. The fraction of sp³-hybridized carbons (Fsp3) is 0.182. The number of nitrogens with one attached hydrogen (secondary N) is 2. The minimum absolute atomic E-state index is 0.0649. The first-order chi connectivity index (χ1) is 9.58. The number of anilines is 1. The molecule has 0 aliphatic heterocycles. The SMILES string of the molecule is COc1n[nH]c(NC(=O)c2cccc(OC(F)F)c2)n1. The summed E-state index contributed by atoms with van der Waals surface area (Å²) in [5.41, 5.74) is 0.138. The van der Waals surface area contributed by atoms with Crippen molar-refractivity contribution in [2.24, 2.45) is 0 Å². The molecule has 0 radical (unpaired) electrons. The number of alkyl halides is 2. The molecule has 0 unspecified atom stereocenters. The van der Waals surface area contributed by atoms with Crippen LogP contribution in [0.1, 0.15) is 10.4 Å². The first-order valence-electron chi connectivity index (χ1n) is 5.41. The molecule has 20 heavy (non-hydrogen) atoms. The number of hydrogen-bond donors (Lipinski definition) is 2. The zero-order valence-electron chi connectivity index (χ0n) is 10.3. The average molecular weight is 284 g/mol. The first-order valence-corrected chi connectivity index (χ1v) is 5.41. The number of aromatic amines is 1. The third kappa shape index (κ3) is 3.40. The highest BCUT2D eigenvalue weighted by Crippen LogP contribution is 2.16. The predicted octanol–water partition coefficient (Wildman–Crippen LogP) is 1.67. The molecule has 0 aliphatic rings. The molecule has 0 spiro atoms. The van der Waals surface area contributed by atoms with Crippen LogP contribution >= 0.6 is 0 Å². The van der Waals surface area contributed by atoms with Crippen LogP contribution in [0.15, 0.2) is 24.3 Å². The van der Waals surface area contributed by atoms with Crippen molar-refractivity contribution in [2.45, 2.75) is 6.61 Å². The van der Waals surface area contributed by atoms with Crippen LogP contribution < -0.4 is 14.8 Å². The normalized spacial score (nSPS) is 10.4. The number of rotatable bonds is 5. The van der Waals surface area contributed by atoms with Crippen molar-refractivity contribution in [1.82, 2.24) is 15.2 Å². The van der Waals surface area contributed by atoms with Crippen LogP contribution in [0.2, 0.25) is 0 Å². The molecule has 106 valence electrons. The Balaban J connectivity index is 2.08. The monoisotopic (exact) mass is 284 g/mol. The Labute approximate surface area is 111 Å². The zero-order valence-corrected chi connectivity index (χ0v) is 10.3. The van der Waals surface area contributed by atoms with Gasteiger partial charge in [0, 0.05) is 5.56 Å². The molecule has 0 fully saturated rings. The van der Waals surface area contributed by atoms with Crippen LogP contribution in [0.4, 0.5) is 14.7 Å². The maximum absolute atomic E-state index is 12.1. The van der Waals surface area contributed by atoms with Crippen LogP contribution in [0.5, 0.6) is 11.8 Å². The first kappa shape index (κ1) is 13.7.